The molecule has 0 spiro atoms. The molecule has 2 atom stereocenters. The molecule has 66 valence electrons. The molecule has 1 saturated carbocycles. The predicted molar refractivity (Wildman–Crippen MR) is 46.6 cm³/mol. The summed E-state index contributed by atoms with van der Waals surface area (Å²) >= 11 is 0. The third kappa shape index (κ3) is 2.54. The lowest BCUT2D eigenvalue weighted by molar-refractivity contribution is 0.211. The summed E-state index contributed by atoms with van der Waals surface area (Å²) in [5.74, 6) is 0.676. The van der Waals surface area contributed by atoms with Crippen LogP contribution in [0.1, 0.15) is 25.7 Å². The average Bonchev–Trinajstić information content (AvgIpc) is 2.15. The van der Waals surface area contributed by atoms with Gasteiger partial charge in [-0.25, -0.2) is 0 Å². The fraction of sp³-hybridized carbons (Fsp3) is 0.778. The normalized spacial score (nSPS) is 30.0. The predicted octanol–water partition coefficient (Wildman–Crippen LogP) is 1.95. The second kappa shape index (κ2) is 4.76. The van der Waals surface area contributed by atoms with Gasteiger partial charge in [-0.2, -0.15) is 5.26 Å². The molecule has 0 aromatic carbocycles. The smallest absolute Gasteiger partial charge is 0.106 e. The molecular weight excluding hydrogens is 152 g/mol. The zero-order valence-electron chi connectivity index (χ0n) is 7.36. The molecule has 2 unspecified atom stereocenters. The second-order valence-electron chi connectivity index (χ2n) is 3.19. The van der Waals surface area contributed by atoms with E-state index in [4.69, 9.17) is 5.26 Å². The Morgan fingerprint density at radius 3 is 3.08 bits per heavy atom. The first-order valence-corrected chi connectivity index (χ1v) is 4.33. The van der Waals surface area contributed by atoms with Crippen molar-refractivity contribution < 1.29 is 4.84 Å². The van der Waals surface area contributed by atoms with Crippen molar-refractivity contribution >= 4 is 6.21 Å². The molecule has 0 radical (unpaired) electrons. The maximum absolute atomic E-state index is 8.71. The topological polar surface area (TPSA) is 45.4 Å². The highest BCUT2D eigenvalue weighted by Crippen LogP contribution is 2.27. The standard InChI is InChI=1S/C9H14N2O/c1-12-11-7-9-4-2-3-8(5-9)6-10/h7-9H,2-5H2,1H3. The van der Waals surface area contributed by atoms with E-state index in [1.165, 1.54) is 0 Å². The number of rotatable bonds is 2. The lowest BCUT2D eigenvalue weighted by Crippen LogP contribution is -2.15. The quantitative estimate of drug-likeness (QED) is 0.465. The van der Waals surface area contributed by atoms with Crippen LogP contribution in [0.15, 0.2) is 5.16 Å². The van der Waals surface area contributed by atoms with Crippen molar-refractivity contribution in [2.24, 2.45) is 17.0 Å². The maximum atomic E-state index is 8.71. The summed E-state index contributed by atoms with van der Waals surface area (Å²) in [5.41, 5.74) is 0. The van der Waals surface area contributed by atoms with Crippen LogP contribution in [0.4, 0.5) is 0 Å². The maximum Gasteiger partial charge on any atom is 0.106 e. The van der Waals surface area contributed by atoms with Gasteiger partial charge >= 0.3 is 0 Å². The van der Waals surface area contributed by atoms with Gasteiger partial charge < -0.3 is 4.84 Å². The fourth-order valence-electron chi connectivity index (χ4n) is 1.63. The van der Waals surface area contributed by atoms with Crippen molar-refractivity contribution in [3.8, 4) is 6.07 Å². The number of oxime groups is 1. The summed E-state index contributed by atoms with van der Waals surface area (Å²) < 4.78 is 0. The van der Waals surface area contributed by atoms with Crippen molar-refractivity contribution in [2.75, 3.05) is 7.11 Å². The molecule has 1 rings (SSSR count). The molecule has 0 heterocycles. The molecular formula is C9H14N2O. The summed E-state index contributed by atoms with van der Waals surface area (Å²) in [4.78, 5) is 4.60. The van der Waals surface area contributed by atoms with Crippen LogP contribution in [0.5, 0.6) is 0 Å². The van der Waals surface area contributed by atoms with E-state index in [1.54, 1.807) is 7.11 Å². The van der Waals surface area contributed by atoms with Gasteiger partial charge in [0.25, 0.3) is 0 Å². The number of hydrogen-bond donors (Lipinski definition) is 0. The van der Waals surface area contributed by atoms with E-state index in [1.807, 2.05) is 6.21 Å². The molecule has 0 bridgehead atoms. The van der Waals surface area contributed by atoms with E-state index in [9.17, 15) is 0 Å². The minimum atomic E-state index is 0.229. The first kappa shape index (κ1) is 9.05. The van der Waals surface area contributed by atoms with E-state index >= 15 is 0 Å². The summed E-state index contributed by atoms with van der Waals surface area (Å²) in [6.45, 7) is 0. The molecule has 12 heavy (non-hydrogen) atoms. The van der Waals surface area contributed by atoms with Gasteiger partial charge in [0, 0.05) is 12.1 Å². The average molecular weight is 166 g/mol. The van der Waals surface area contributed by atoms with E-state index in [0.29, 0.717) is 5.92 Å². The monoisotopic (exact) mass is 166 g/mol. The summed E-state index contributed by atoms with van der Waals surface area (Å²) in [6.07, 6.45) is 6.10. The molecule has 0 amide bonds. The van der Waals surface area contributed by atoms with E-state index in [0.717, 1.165) is 25.7 Å². The Kier molecular flexibility index (Phi) is 3.59. The Hall–Kier alpha value is -1.04. The SMILES string of the molecule is CON=CC1CCCC(C#N)C1. The zero-order valence-corrected chi connectivity index (χ0v) is 7.36. The molecule has 0 saturated heterocycles. The van der Waals surface area contributed by atoms with Crippen molar-refractivity contribution in [1.82, 2.24) is 0 Å². The lowest BCUT2D eigenvalue weighted by atomic mass is 9.83. The van der Waals surface area contributed by atoms with Crippen LogP contribution < -0.4 is 0 Å². The van der Waals surface area contributed by atoms with Gasteiger partial charge in [0.15, 0.2) is 0 Å². The van der Waals surface area contributed by atoms with Crippen LogP contribution in [-0.2, 0) is 4.84 Å². The van der Waals surface area contributed by atoms with Gasteiger partial charge in [-0.05, 0) is 25.2 Å². The molecule has 0 aliphatic heterocycles. The Bertz CT molecular complexity index is 195. The van der Waals surface area contributed by atoms with E-state index in [2.05, 4.69) is 16.1 Å². The number of nitriles is 1. The van der Waals surface area contributed by atoms with E-state index in [-0.39, 0.29) is 5.92 Å². The highest BCUT2D eigenvalue weighted by molar-refractivity contribution is 5.60. The highest BCUT2D eigenvalue weighted by Gasteiger charge is 2.20. The minimum Gasteiger partial charge on any atom is -0.399 e. The Morgan fingerprint density at radius 2 is 2.42 bits per heavy atom. The Labute approximate surface area is 73.0 Å². The van der Waals surface area contributed by atoms with Crippen LogP contribution in [0.3, 0.4) is 0 Å². The van der Waals surface area contributed by atoms with Gasteiger partial charge in [-0.3, -0.25) is 0 Å². The molecule has 1 fully saturated rings. The lowest BCUT2D eigenvalue weighted by Gasteiger charge is -2.21. The molecule has 0 N–H and O–H groups in total. The van der Waals surface area contributed by atoms with Gasteiger partial charge in [-0.15, -0.1) is 0 Å². The Balaban J connectivity index is 2.36. The molecule has 3 nitrogen and oxygen atoms in total. The second-order valence-corrected chi connectivity index (χ2v) is 3.19. The fourth-order valence-corrected chi connectivity index (χ4v) is 1.63. The molecule has 0 aromatic rings. The van der Waals surface area contributed by atoms with Crippen molar-refractivity contribution in [1.29, 1.82) is 5.26 Å². The minimum absolute atomic E-state index is 0.229. The van der Waals surface area contributed by atoms with Crippen LogP contribution in [0.25, 0.3) is 0 Å². The van der Waals surface area contributed by atoms with Crippen LogP contribution in [0.2, 0.25) is 0 Å². The number of nitrogens with zero attached hydrogens (tertiary/aromatic N) is 2. The van der Waals surface area contributed by atoms with Crippen molar-refractivity contribution in [2.45, 2.75) is 25.7 Å². The van der Waals surface area contributed by atoms with Gasteiger partial charge in [0.1, 0.15) is 7.11 Å². The van der Waals surface area contributed by atoms with Gasteiger partial charge in [-0.1, -0.05) is 11.6 Å². The first-order valence-electron chi connectivity index (χ1n) is 4.33. The molecule has 1 aliphatic carbocycles. The highest BCUT2D eigenvalue weighted by atomic mass is 16.6. The number of hydrogen-bond acceptors (Lipinski definition) is 3. The third-order valence-electron chi connectivity index (χ3n) is 2.27. The summed E-state index contributed by atoms with van der Waals surface area (Å²) in [5, 5.41) is 12.4. The molecule has 3 heteroatoms. The Morgan fingerprint density at radius 1 is 1.58 bits per heavy atom. The van der Waals surface area contributed by atoms with Crippen LogP contribution in [0, 0.1) is 23.2 Å². The van der Waals surface area contributed by atoms with Gasteiger partial charge in [0.05, 0.1) is 6.07 Å². The first-order chi connectivity index (χ1) is 5.86. The third-order valence-corrected chi connectivity index (χ3v) is 2.27. The molecule has 1 aliphatic rings. The largest absolute Gasteiger partial charge is 0.399 e. The van der Waals surface area contributed by atoms with Crippen LogP contribution >= 0.6 is 0 Å². The molecule has 0 aromatic heterocycles. The zero-order chi connectivity index (χ0) is 8.81. The van der Waals surface area contributed by atoms with Crippen LogP contribution in [-0.4, -0.2) is 13.3 Å². The van der Waals surface area contributed by atoms with Crippen molar-refractivity contribution in [3.63, 3.8) is 0 Å². The summed E-state index contributed by atoms with van der Waals surface area (Å²) in [6, 6.07) is 2.31. The van der Waals surface area contributed by atoms with Gasteiger partial charge in [0.2, 0.25) is 0 Å². The van der Waals surface area contributed by atoms with E-state index < -0.39 is 0 Å². The summed E-state index contributed by atoms with van der Waals surface area (Å²) in [7, 11) is 1.54. The van der Waals surface area contributed by atoms with Crippen molar-refractivity contribution in [3.05, 3.63) is 0 Å².